The summed E-state index contributed by atoms with van der Waals surface area (Å²) in [6, 6.07) is 22.1. The Kier molecular flexibility index (Phi) is 4.07. The molecule has 0 spiro atoms. The number of hydrogen-bond acceptors (Lipinski definition) is 4. The van der Waals surface area contributed by atoms with Crippen LogP contribution in [0.5, 0.6) is 5.75 Å². The molecule has 1 aromatic heterocycles. The number of amides is 1. The lowest BCUT2D eigenvalue weighted by atomic mass is 10.2. The Morgan fingerprint density at radius 3 is 2.54 bits per heavy atom. The molecule has 0 aliphatic carbocycles. The predicted octanol–water partition coefficient (Wildman–Crippen LogP) is 3.68. The average Bonchev–Trinajstić information content (AvgIpc) is 3.12. The molecule has 6 heteroatoms. The molecule has 0 unspecified atom stereocenters. The minimum Gasteiger partial charge on any atom is -0.497 e. The normalized spacial score (nSPS) is 10.7. The van der Waals surface area contributed by atoms with Crippen LogP contribution in [-0.2, 0) is 0 Å². The van der Waals surface area contributed by atoms with Gasteiger partial charge in [0, 0.05) is 11.3 Å². The van der Waals surface area contributed by atoms with Crippen molar-refractivity contribution < 1.29 is 9.53 Å². The largest absolute Gasteiger partial charge is 0.497 e. The van der Waals surface area contributed by atoms with E-state index >= 15 is 0 Å². The van der Waals surface area contributed by atoms with Crippen molar-refractivity contribution in [3.63, 3.8) is 0 Å². The van der Waals surface area contributed by atoms with Gasteiger partial charge in [0.15, 0.2) is 0 Å². The second-order valence-electron chi connectivity index (χ2n) is 5.71. The van der Waals surface area contributed by atoms with Crippen molar-refractivity contribution in [3.8, 4) is 11.4 Å². The van der Waals surface area contributed by atoms with Crippen molar-refractivity contribution in [3.05, 3.63) is 78.4 Å². The van der Waals surface area contributed by atoms with Gasteiger partial charge in [-0.3, -0.25) is 4.79 Å². The van der Waals surface area contributed by atoms with Crippen molar-refractivity contribution in [1.29, 1.82) is 0 Å². The number of fused-ring (bicyclic) bond motifs is 1. The van der Waals surface area contributed by atoms with Gasteiger partial charge < -0.3 is 10.1 Å². The number of hydrogen-bond donors (Lipinski definition) is 1. The van der Waals surface area contributed by atoms with Crippen molar-refractivity contribution in [2.24, 2.45) is 0 Å². The highest BCUT2D eigenvalue weighted by Gasteiger charge is 2.10. The van der Waals surface area contributed by atoms with Gasteiger partial charge in [-0.1, -0.05) is 24.3 Å². The third kappa shape index (κ3) is 3.12. The van der Waals surface area contributed by atoms with Crippen LogP contribution in [0.15, 0.2) is 72.8 Å². The molecule has 3 aromatic carbocycles. The molecule has 0 fully saturated rings. The number of carbonyl (C=O) groups is 1. The molecule has 0 radical (unpaired) electrons. The van der Waals surface area contributed by atoms with E-state index in [-0.39, 0.29) is 5.91 Å². The van der Waals surface area contributed by atoms with Crippen molar-refractivity contribution in [1.82, 2.24) is 15.0 Å². The Morgan fingerprint density at radius 2 is 1.73 bits per heavy atom. The van der Waals surface area contributed by atoms with Crippen LogP contribution in [0.4, 0.5) is 5.69 Å². The number of rotatable bonds is 4. The average molecular weight is 344 g/mol. The summed E-state index contributed by atoms with van der Waals surface area (Å²) in [5.41, 5.74) is 3.53. The number of benzene rings is 3. The van der Waals surface area contributed by atoms with E-state index < -0.39 is 0 Å². The summed E-state index contributed by atoms with van der Waals surface area (Å²) in [5, 5.41) is 11.8. The first kappa shape index (κ1) is 15.8. The molecule has 4 rings (SSSR count). The fourth-order valence-corrected chi connectivity index (χ4v) is 2.64. The fraction of sp³-hybridized carbons (Fsp3) is 0.0500. The van der Waals surface area contributed by atoms with Crippen LogP contribution in [0.2, 0.25) is 0 Å². The molecule has 128 valence electrons. The van der Waals surface area contributed by atoms with Crippen molar-refractivity contribution in [2.75, 3.05) is 12.4 Å². The van der Waals surface area contributed by atoms with Crippen LogP contribution in [0, 0.1) is 0 Å². The zero-order valence-corrected chi connectivity index (χ0v) is 14.1. The Hall–Kier alpha value is -3.67. The molecule has 0 saturated heterocycles. The zero-order valence-electron chi connectivity index (χ0n) is 14.1. The van der Waals surface area contributed by atoms with Gasteiger partial charge in [-0.05, 0) is 48.5 Å². The van der Waals surface area contributed by atoms with E-state index in [9.17, 15) is 4.79 Å². The molecule has 1 N–H and O–H groups in total. The molecular formula is C20H16N4O2. The van der Waals surface area contributed by atoms with E-state index in [1.54, 1.807) is 42.2 Å². The monoisotopic (exact) mass is 344 g/mol. The number of aromatic nitrogens is 3. The van der Waals surface area contributed by atoms with E-state index in [1.165, 1.54) is 0 Å². The maximum Gasteiger partial charge on any atom is 0.255 e. The van der Waals surface area contributed by atoms with Crippen molar-refractivity contribution >= 4 is 22.6 Å². The number of anilines is 1. The van der Waals surface area contributed by atoms with Crippen LogP contribution in [0.25, 0.3) is 16.7 Å². The Morgan fingerprint density at radius 1 is 0.923 bits per heavy atom. The lowest BCUT2D eigenvalue weighted by molar-refractivity contribution is 0.102. The van der Waals surface area contributed by atoms with Gasteiger partial charge in [-0.25, -0.2) is 0 Å². The summed E-state index contributed by atoms with van der Waals surface area (Å²) in [6.45, 7) is 0. The van der Waals surface area contributed by atoms with Crippen LogP contribution < -0.4 is 10.1 Å². The molecule has 0 aliphatic heterocycles. The first-order valence-electron chi connectivity index (χ1n) is 8.11. The third-order valence-corrected chi connectivity index (χ3v) is 3.96. The quantitative estimate of drug-likeness (QED) is 0.613. The van der Waals surface area contributed by atoms with E-state index in [2.05, 4.69) is 15.5 Å². The molecule has 1 heterocycles. The topological polar surface area (TPSA) is 69.0 Å². The lowest BCUT2D eigenvalue weighted by Gasteiger charge is -2.06. The van der Waals surface area contributed by atoms with Gasteiger partial charge in [-0.15, -0.1) is 10.2 Å². The molecule has 0 atom stereocenters. The van der Waals surface area contributed by atoms with Gasteiger partial charge in [-0.2, -0.15) is 4.80 Å². The Balaban J connectivity index is 1.60. The van der Waals surface area contributed by atoms with Crippen LogP contribution in [-0.4, -0.2) is 28.0 Å². The third-order valence-electron chi connectivity index (χ3n) is 3.96. The summed E-state index contributed by atoms with van der Waals surface area (Å²) in [6.07, 6.45) is 0. The molecule has 6 nitrogen and oxygen atoms in total. The molecule has 4 aromatic rings. The second kappa shape index (κ2) is 6.68. The highest BCUT2D eigenvalue weighted by atomic mass is 16.5. The number of nitrogens with zero attached hydrogens (tertiary/aromatic N) is 3. The van der Waals surface area contributed by atoms with Crippen molar-refractivity contribution in [2.45, 2.75) is 0 Å². The van der Waals surface area contributed by atoms with Gasteiger partial charge in [0.2, 0.25) is 0 Å². The van der Waals surface area contributed by atoms with Gasteiger partial charge >= 0.3 is 0 Å². The van der Waals surface area contributed by atoms with Gasteiger partial charge in [0.05, 0.1) is 12.8 Å². The number of ether oxygens (including phenoxy) is 1. The summed E-state index contributed by atoms with van der Waals surface area (Å²) in [7, 11) is 1.57. The summed E-state index contributed by atoms with van der Waals surface area (Å²) < 4.78 is 5.16. The van der Waals surface area contributed by atoms with E-state index in [0.29, 0.717) is 22.5 Å². The number of methoxy groups -OCH3 is 1. The smallest absolute Gasteiger partial charge is 0.255 e. The molecule has 26 heavy (non-hydrogen) atoms. The van der Waals surface area contributed by atoms with Crippen LogP contribution in [0.3, 0.4) is 0 Å². The van der Waals surface area contributed by atoms with Crippen LogP contribution >= 0.6 is 0 Å². The number of carbonyl (C=O) groups excluding carboxylic acids is 1. The molecular weight excluding hydrogens is 328 g/mol. The van der Waals surface area contributed by atoms with E-state index in [1.807, 2.05) is 42.5 Å². The minimum absolute atomic E-state index is 0.210. The van der Waals surface area contributed by atoms with Crippen LogP contribution in [0.1, 0.15) is 10.4 Å². The molecule has 0 aliphatic rings. The maximum absolute atomic E-state index is 12.4. The lowest BCUT2D eigenvalue weighted by Crippen LogP contribution is -2.11. The first-order chi connectivity index (χ1) is 12.7. The summed E-state index contributed by atoms with van der Waals surface area (Å²) in [4.78, 5) is 14.0. The van der Waals surface area contributed by atoms with E-state index in [0.717, 1.165) is 11.2 Å². The highest BCUT2D eigenvalue weighted by molar-refractivity contribution is 6.05. The summed E-state index contributed by atoms with van der Waals surface area (Å²) >= 11 is 0. The van der Waals surface area contributed by atoms with Gasteiger partial charge in [0.25, 0.3) is 5.91 Å². The van der Waals surface area contributed by atoms with E-state index in [4.69, 9.17) is 4.74 Å². The second-order valence-corrected chi connectivity index (χ2v) is 5.71. The first-order valence-corrected chi connectivity index (χ1v) is 8.11. The molecule has 0 bridgehead atoms. The molecule has 1 amide bonds. The van der Waals surface area contributed by atoms with Gasteiger partial charge in [0.1, 0.15) is 16.8 Å². The maximum atomic E-state index is 12.4. The number of nitrogens with one attached hydrogen (secondary N) is 1. The highest BCUT2D eigenvalue weighted by Crippen LogP contribution is 2.19. The standard InChI is InChI=1S/C20H16N4O2/c1-26-17-9-5-6-14(12-17)20(25)21-15-10-11-18-19(13-15)23-24(22-18)16-7-3-2-4-8-16/h2-13H,1H3,(H,21,25). The summed E-state index contributed by atoms with van der Waals surface area (Å²) in [5.74, 6) is 0.428. The fourth-order valence-electron chi connectivity index (χ4n) is 2.64. The zero-order chi connectivity index (χ0) is 17.9. The Bertz CT molecular complexity index is 1070. The SMILES string of the molecule is COc1cccc(C(=O)Nc2ccc3nn(-c4ccccc4)nc3c2)c1. The molecule has 0 saturated carbocycles. The Labute approximate surface area is 150 Å². The predicted molar refractivity (Wildman–Crippen MR) is 99.8 cm³/mol. The minimum atomic E-state index is -0.210. The number of para-hydroxylation sites is 1.